The number of pyridine rings is 1. The third kappa shape index (κ3) is 1.46. The topological polar surface area (TPSA) is 69.1 Å². The highest BCUT2D eigenvalue weighted by Gasteiger charge is 2.27. The minimum atomic E-state index is -0.506. The predicted octanol–water partition coefficient (Wildman–Crippen LogP) is 1.88. The van der Waals surface area contributed by atoms with Crippen molar-refractivity contribution in [1.82, 2.24) is 4.98 Å². The molecule has 1 aliphatic rings. The second-order valence-electron chi connectivity index (χ2n) is 4.28. The van der Waals surface area contributed by atoms with Gasteiger partial charge in [-0.1, -0.05) is 0 Å². The average Bonchev–Trinajstić information content (AvgIpc) is 3.00. The zero-order valence-electron chi connectivity index (χ0n) is 8.77. The maximum atomic E-state index is 11.3. The third-order valence-corrected chi connectivity index (χ3v) is 2.98. The average molecular weight is 216 g/mol. The van der Waals surface area contributed by atoms with Gasteiger partial charge in [-0.2, -0.15) is 0 Å². The molecule has 16 heavy (non-hydrogen) atoms. The molecule has 4 nitrogen and oxygen atoms in total. The number of amides is 1. The molecule has 0 aromatic carbocycles. The first-order valence-corrected chi connectivity index (χ1v) is 5.42. The molecule has 0 saturated heterocycles. The van der Waals surface area contributed by atoms with E-state index in [-0.39, 0.29) is 5.76 Å². The summed E-state index contributed by atoms with van der Waals surface area (Å²) in [5.41, 5.74) is 6.75. The molecule has 4 heteroatoms. The highest BCUT2D eigenvalue weighted by molar-refractivity contribution is 5.97. The van der Waals surface area contributed by atoms with E-state index in [0.29, 0.717) is 11.6 Å². The molecule has 0 radical (unpaired) electrons. The van der Waals surface area contributed by atoms with Gasteiger partial charge in [0.05, 0.1) is 0 Å². The lowest BCUT2D eigenvalue weighted by atomic mass is 10.1. The second kappa shape index (κ2) is 3.33. The van der Waals surface area contributed by atoms with Crippen LogP contribution < -0.4 is 5.73 Å². The maximum Gasteiger partial charge on any atom is 0.284 e. The van der Waals surface area contributed by atoms with E-state index >= 15 is 0 Å². The summed E-state index contributed by atoms with van der Waals surface area (Å²) in [6.45, 7) is 0. The molecule has 3 rings (SSSR count). The Morgan fingerprint density at radius 2 is 2.38 bits per heavy atom. The molecule has 2 N–H and O–H groups in total. The standard InChI is InChI=1S/C12H12N2O2/c13-11(15)10-9(6-7-3-4-7)8-2-1-5-14-12(8)16-10/h1-2,5,7H,3-4,6H2,(H2,13,15). The summed E-state index contributed by atoms with van der Waals surface area (Å²) >= 11 is 0. The molecule has 2 heterocycles. The molecular weight excluding hydrogens is 204 g/mol. The Bertz CT molecular complexity index is 555. The van der Waals surface area contributed by atoms with Crippen molar-refractivity contribution in [3.05, 3.63) is 29.7 Å². The predicted molar refractivity (Wildman–Crippen MR) is 59.0 cm³/mol. The van der Waals surface area contributed by atoms with Crippen LogP contribution in [-0.2, 0) is 6.42 Å². The van der Waals surface area contributed by atoms with Gasteiger partial charge in [-0.3, -0.25) is 4.79 Å². The lowest BCUT2D eigenvalue weighted by Gasteiger charge is -1.97. The molecule has 2 aromatic rings. The van der Waals surface area contributed by atoms with Crippen molar-refractivity contribution in [2.75, 3.05) is 0 Å². The summed E-state index contributed by atoms with van der Waals surface area (Å²) in [4.78, 5) is 15.4. The van der Waals surface area contributed by atoms with Crippen molar-refractivity contribution in [1.29, 1.82) is 0 Å². The highest BCUT2D eigenvalue weighted by Crippen LogP contribution is 2.36. The van der Waals surface area contributed by atoms with Gasteiger partial charge < -0.3 is 10.2 Å². The number of hydrogen-bond acceptors (Lipinski definition) is 3. The lowest BCUT2D eigenvalue weighted by Crippen LogP contribution is -2.12. The molecule has 0 bridgehead atoms. The van der Waals surface area contributed by atoms with E-state index < -0.39 is 5.91 Å². The van der Waals surface area contributed by atoms with Gasteiger partial charge in [0.15, 0.2) is 5.76 Å². The van der Waals surface area contributed by atoms with Crippen molar-refractivity contribution in [3.63, 3.8) is 0 Å². The second-order valence-corrected chi connectivity index (χ2v) is 4.28. The monoisotopic (exact) mass is 216 g/mol. The van der Waals surface area contributed by atoms with Crippen molar-refractivity contribution in [2.45, 2.75) is 19.3 Å². The van der Waals surface area contributed by atoms with Crippen molar-refractivity contribution >= 4 is 17.0 Å². The number of nitrogens with zero attached hydrogens (tertiary/aromatic N) is 1. The highest BCUT2D eigenvalue weighted by atomic mass is 16.4. The number of fused-ring (bicyclic) bond motifs is 1. The molecule has 0 aliphatic heterocycles. The number of furan rings is 1. The summed E-state index contributed by atoms with van der Waals surface area (Å²) in [7, 11) is 0. The third-order valence-electron chi connectivity index (χ3n) is 2.98. The SMILES string of the molecule is NC(=O)c1oc2ncccc2c1CC1CC1. The van der Waals surface area contributed by atoms with Crippen LogP contribution in [0.15, 0.2) is 22.7 Å². The van der Waals surface area contributed by atoms with Gasteiger partial charge in [-0.05, 0) is 37.3 Å². The summed E-state index contributed by atoms with van der Waals surface area (Å²) in [5, 5.41) is 0.920. The number of nitrogens with two attached hydrogens (primary N) is 1. The number of aromatic nitrogens is 1. The molecule has 2 aromatic heterocycles. The first-order valence-electron chi connectivity index (χ1n) is 5.42. The number of primary amides is 1. The first kappa shape index (κ1) is 9.39. The van der Waals surface area contributed by atoms with Gasteiger partial charge in [0.2, 0.25) is 5.71 Å². The number of rotatable bonds is 3. The molecule has 1 fully saturated rings. The van der Waals surface area contributed by atoms with Crippen LogP contribution >= 0.6 is 0 Å². The van der Waals surface area contributed by atoms with Crippen molar-refractivity contribution in [2.24, 2.45) is 11.7 Å². The minimum Gasteiger partial charge on any atom is -0.432 e. The largest absolute Gasteiger partial charge is 0.432 e. The van der Waals surface area contributed by atoms with Gasteiger partial charge in [-0.25, -0.2) is 4.98 Å². The van der Waals surface area contributed by atoms with E-state index in [9.17, 15) is 4.79 Å². The Morgan fingerprint density at radius 1 is 1.56 bits per heavy atom. The van der Waals surface area contributed by atoms with E-state index in [1.807, 2.05) is 12.1 Å². The number of hydrogen-bond donors (Lipinski definition) is 1. The van der Waals surface area contributed by atoms with Gasteiger partial charge in [0, 0.05) is 17.1 Å². The Hall–Kier alpha value is -1.84. The Morgan fingerprint density at radius 3 is 3.06 bits per heavy atom. The van der Waals surface area contributed by atoms with Gasteiger partial charge in [0.1, 0.15) is 0 Å². The molecule has 0 unspecified atom stereocenters. The Labute approximate surface area is 92.4 Å². The van der Waals surface area contributed by atoms with Crippen LogP contribution in [-0.4, -0.2) is 10.9 Å². The fourth-order valence-electron chi connectivity index (χ4n) is 1.99. The minimum absolute atomic E-state index is 0.278. The molecule has 0 spiro atoms. The van der Waals surface area contributed by atoms with Crippen LogP contribution in [0.5, 0.6) is 0 Å². The summed E-state index contributed by atoms with van der Waals surface area (Å²) in [6.07, 6.45) is 4.98. The fourth-order valence-corrected chi connectivity index (χ4v) is 1.99. The molecular formula is C12H12N2O2. The Balaban J connectivity index is 2.18. The fraction of sp³-hybridized carbons (Fsp3) is 0.333. The summed E-state index contributed by atoms with van der Waals surface area (Å²) in [5.74, 6) is 0.452. The van der Waals surface area contributed by atoms with E-state index in [2.05, 4.69) is 4.98 Å². The molecule has 0 atom stereocenters. The van der Waals surface area contributed by atoms with Crippen LogP contribution in [0, 0.1) is 5.92 Å². The molecule has 1 amide bonds. The zero-order valence-corrected chi connectivity index (χ0v) is 8.77. The van der Waals surface area contributed by atoms with Crippen molar-refractivity contribution < 1.29 is 9.21 Å². The van der Waals surface area contributed by atoms with Crippen LogP contribution in [0.3, 0.4) is 0 Å². The van der Waals surface area contributed by atoms with E-state index in [0.717, 1.165) is 17.4 Å². The van der Waals surface area contributed by atoms with E-state index in [1.165, 1.54) is 12.8 Å². The van der Waals surface area contributed by atoms with Crippen molar-refractivity contribution in [3.8, 4) is 0 Å². The first-order chi connectivity index (χ1) is 7.75. The van der Waals surface area contributed by atoms with Crippen LogP contribution in [0.4, 0.5) is 0 Å². The van der Waals surface area contributed by atoms with Gasteiger partial charge in [-0.15, -0.1) is 0 Å². The molecule has 1 saturated carbocycles. The summed E-state index contributed by atoms with van der Waals surface area (Å²) in [6, 6.07) is 3.77. The van der Waals surface area contributed by atoms with Crippen LogP contribution in [0.1, 0.15) is 29.0 Å². The van der Waals surface area contributed by atoms with Crippen LogP contribution in [0.2, 0.25) is 0 Å². The smallest absolute Gasteiger partial charge is 0.284 e. The number of carbonyl (C=O) groups is 1. The van der Waals surface area contributed by atoms with E-state index in [1.54, 1.807) is 6.20 Å². The quantitative estimate of drug-likeness (QED) is 0.851. The van der Waals surface area contributed by atoms with E-state index in [4.69, 9.17) is 10.2 Å². The maximum absolute atomic E-state index is 11.3. The van der Waals surface area contributed by atoms with Gasteiger partial charge >= 0.3 is 0 Å². The number of carbonyl (C=O) groups excluding carboxylic acids is 1. The lowest BCUT2D eigenvalue weighted by molar-refractivity contribution is 0.0974. The van der Waals surface area contributed by atoms with Gasteiger partial charge in [0.25, 0.3) is 5.91 Å². The Kier molecular flexibility index (Phi) is 1.96. The summed E-state index contributed by atoms with van der Waals surface area (Å²) < 4.78 is 5.40. The molecule has 82 valence electrons. The molecule has 1 aliphatic carbocycles. The zero-order chi connectivity index (χ0) is 11.1. The van der Waals surface area contributed by atoms with Crippen LogP contribution in [0.25, 0.3) is 11.1 Å². The normalized spacial score (nSPS) is 15.5.